The van der Waals surface area contributed by atoms with Crippen LogP contribution in [0.15, 0.2) is 66.9 Å². The second kappa shape index (κ2) is 6.41. The maximum absolute atomic E-state index is 9.40. The summed E-state index contributed by atoms with van der Waals surface area (Å²) in [4.78, 5) is 14.4. The standard InChI is InChI=1S/C22H13N5S/c23-12-17-22(24)27-21(19-11-14-4-1-2-6-18(14)28-19)20(26-17)15-7-8-16-13(10-15)5-3-9-25-16/h1-11H,(H2,24,27). The van der Waals surface area contributed by atoms with Crippen molar-refractivity contribution in [2.75, 3.05) is 5.73 Å². The molecule has 3 heterocycles. The van der Waals surface area contributed by atoms with E-state index in [-0.39, 0.29) is 11.5 Å². The van der Waals surface area contributed by atoms with E-state index in [1.54, 1.807) is 17.5 Å². The normalized spacial score (nSPS) is 11.0. The number of hydrogen-bond acceptors (Lipinski definition) is 6. The zero-order valence-electron chi connectivity index (χ0n) is 14.6. The third-order valence-corrected chi connectivity index (χ3v) is 5.69. The van der Waals surface area contributed by atoms with Gasteiger partial charge in [0.05, 0.1) is 16.1 Å². The Kier molecular flexibility index (Phi) is 3.75. The van der Waals surface area contributed by atoms with Crippen molar-refractivity contribution in [2.24, 2.45) is 0 Å². The predicted octanol–water partition coefficient (Wildman–Crippen LogP) is 5.03. The quantitative estimate of drug-likeness (QED) is 0.465. The van der Waals surface area contributed by atoms with Crippen LogP contribution in [0.5, 0.6) is 0 Å². The SMILES string of the molecule is N#Cc1nc(-c2ccc3ncccc3c2)c(-c2cc3ccccc3s2)nc1N. The first-order valence-corrected chi connectivity index (χ1v) is 9.46. The Bertz CT molecular complexity index is 1360. The van der Waals surface area contributed by atoms with Gasteiger partial charge in [0.25, 0.3) is 0 Å². The van der Waals surface area contributed by atoms with Gasteiger partial charge in [-0.25, -0.2) is 9.97 Å². The van der Waals surface area contributed by atoms with Crippen molar-refractivity contribution in [3.8, 4) is 27.9 Å². The number of nitrogens with two attached hydrogens (primary N) is 1. The Morgan fingerprint density at radius 3 is 2.61 bits per heavy atom. The molecule has 2 aromatic carbocycles. The van der Waals surface area contributed by atoms with Gasteiger partial charge in [-0.1, -0.05) is 30.3 Å². The van der Waals surface area contributed by atoms with Crippen molar-refractivity contribution in [1.29, 1.82) is 5.26 Å². The van der Waals surface area contributed by atoms with Crippen molar-refractivity contribution in [3.05, 3.63) is 72.6 Å². The zero-order valence-corrected chi connectivity index (χ0v) is 15.4. The van der Waals surface area contributed by atoms with Crippen LogP contribution < -0.4 is 5.73 Å². The molecule has 5 nitrogen and oxygen atoms in total. The minimum absolute atomic E-state index is 0.131. The largest absolute Gasteiger partial charge is 0.381 e. The monoisotopic (exact) mass is 379 g/mol. The molecule has 0 atom stereocenters. The third-order valence-electron chi connectivity index (χ3n) is 4.56. The van der Waals surface area contributed by atoms with Gasteiger partial charge in [0.15, 0.2) is 11.5 Å². The van der Waals surface area contributed by atoms with E-state index in [9.17, 15) is 5.26 Å². The number of pyridine rings is 1. The topological polar surface area (TPSA) is 88.5 Å². The molecule has 28 heavy (non-hydrogen) atoms. The van der Waals surface area contributed by atoms with Gasteiger partial charge in [-0.15, -0.1) is 11.3 Å². The van der Waals surface area contributed by atoms with Crippen LogP contribution in [0.25, 0.3) is 42.8 Å². The number of nitriles is 1. The number of aromatic nitrogens is 3. The molecule has 5 rings (SSSR count). The molecule has 0 amide bonds. The van der Waals surface area contributed by atoms with Crippen molar-refractivity contribution in [2.45, 2.75) is 0 Å². The molecule has 0 saturated carbocycles. The van der Waals surface area contributed by atoms with Crippen molar-refractivity contribution in [1.82, 2.24) is 15.0 Å². The van der Waals surface area contributed by atoms with Crippen LogP contribution in [0.4, 0.5) is 5.82 Å². The molecule has 0 bridgehead atoms. The molecule has 0 fully saturated rings. The number of anilines is 1. The highest BCUT2D eigenvalue weighted by molar-refractivity contribution is 7.22. The Labute approximate surface area is 164 Å². The van der Waals surface area contributed by atoms with Gasteiger partial charge < -0.3 is 5.73 Å². The Morgan fingerprint density at radius 1 is 0.893 bits per heavy atom. The Hall–Kier alpha value is -3.82. The van der Waals surface area contributed by atoms with Crippen LogP contribution in [0.1, 0.15) is 5.69 Å². The lowest BCUT2D eigenvalue weighted by atomic mass is 10.0. The molecule has 0 aliphatic carbocycles. The summed E-state index contributed by atoms with van der Waals surface area (Å²) in [5.74, 6) is 0.140. The van der Waals surface area contributed by atoms with Gasteiger partial charge in [0.1, 0.15) is 11.8 Å². The molecule has 6 heteroatoms. The van der Waals surface area contributed by atoms with Gasteiger partial charge in [-0.3, -0.25) is 4.98 Å². The lowest BCUT2D eigenvalue weighted by molar-refractivity contribution is 1.19. The van der Waals surface area contributed by atoms with Crippen LogP contribution in [-0.2, 0) is 0 Å². The first-order chi connectivity index (χ1) is 13.7. The first-order valence-electron chi connectivity index (χ1n) is 8.64. The fourth-order valence-corrected chi connectivity index (χ4v) is 4.28. The molecule has 0 saturated heterocycles. The van der Waals surface area contributed by atoms with E-state index >= 15 is 0 Å². The maximum Gasteiger partial charge on any atom is 0.183 e. The minimum Gasteiger partial charge on any atom is -0.381 e. The number of rotatable bonds is 2. The van der Waals surface area contributed by atoms with E-state index in [1.165, 1.54) is 0 Å². The fraction of sp³-hybridized carbons (Fsp3) is 0. The Morgan fingerprint density at radius 2 is 1.75 bits per heavy atom. The second-order valence-corrected chi connectivity index (χ2v) is 7.41. The van der Waals surface area contributed by atoms with Crippen LogP contribution in [0, 0.1) is 11.3 Å². The molecule has 2 N–H and O–H groups in total. The van der Waals surface area contributed by atoms with Crippen LogP contribution in [0.2, 0.25) is 0 Å². The average Bonchev–Trinajstić information content (AvgIpc) is 3.17. The summed E-state index contributed by atoms with van der Waals surface area (Å²) in [6.07, 6.45) is 1.77. The lowest BCUT2D eigenvalue weighted by Crippen LogP contribution is -2.02. The van der Waals surface area contributed by atoms with Gasteiger partial charge >= 0.3 is 0 Å². The predicted molar refractivity (Wildman–Crippen MR) is 113 cm³/mol. The van der Waals surface area contributed by atoms with Gasteiger partial charge in [-0.05, 0) is 35.7 Å². The second-order valence-electron chi connectivity index (χ2n) is 6.33. The molecule has 5 aromatic rings. The first kappa shape index (κ1) is 16.4. The summed E-state index contributed by atoms with van der Waals surface area (Å²) >= 11 is 1.63. The van der Waals surface area contributed by atoms with Gasteiger partial charge in [0, 0.05) is 21.8 Å². The van der Waals surface area contributed by atoms with E-state index in [0.717, 1.165) is 31.4 Å². The highest BCUT2D eigenvalue weighted by atomic mass is 32.1. The van der Waals surface area contributed by atoms with Crippen molar-refractivity contribution < 1.29 is 0 Å². The Balaban J connectivity index is 1.78. The molecule has 3 aromatic heterocycles. The fourth-order valence-electron chi connectivity index (χ4n) is 3.23. The highest BCUT2D eigenvalue weighted by Crippen LogP contribution is 2.38. The van der Waals surface area contributed by atoms with E-state index in [0.29, 0.717) is 11.4 Å². The summed E-state index contributed by atoms with van der Waals surface area (Å²) in [5.41, 5.74) is 9.23. The van der Waals surface area contributed by atoms with Crippen molar-refractivity contribution in [3.63, 3.8) is 0 Å². The molecule has 0 spiro atoms. The average molecular weight is 379 g/mol. The molecular weight excluding hydrogens is 366 g/mol. The van der Waals surface area contributed by atoms with E-state index in [2.05, 4.69) is 33.2 Å². The molecule has 132 valence electrons. The molecule has 0 radical (unpaired) electrons. The maximum atomic E-state index is 9.40. The van der Waals surface area contributed by atoms with Crippen molar-refractivity contribution >= 4 is 38.1 Å². The highest BCUT2D eigenvalue weighted by Gasteiger charge is 2.17. The summed E-state index contributed by atoms with van der Waals surface area (Å²) in [6, 6.07) is 22.1. The summed E-state index contributed by atoms with van der Waals surface area (Å²) in [5, 5.41) is 11.5. The number of nitrogens with zero attached hydrogens (tertiary/aromatic N) is 4. The molecular formula is C22H13N5S. The van der Waals surface area contributed by atoms with Gasteiger partial charge in [0.2, 0.25) is 0 Å². The third kappa shape index (κ3) is 2.66. The number of nitrogen functional groups attached to an aromatic ring is 1. The number of thiophene rings is 1. The van der Waals surface area contributed by atoms with E-state index in [4.69, 9.17) is 5.73 Å². The summed E-state index contributed by atoms with van der Waals surface area (Å²) < 4.78 is 1.16. The van der Waals surface area contributed by atoms with Crippen LogP contribution >= 0.6 is 11.3 Å². The minimum atomic E-state index is 0.131. The molecule has 0 aliphatic rings. The lowest BCUT2D eigenvalue weighted by Gasteiger charge is -2.09. The molecule has 0 unspecified atom stereocenters. The number of fused-ring (bicyclic) bond motifs is 2. The van der Waals surface area contributed by atoms with Crippen LogP contribution in [-0.4, -0.2) is 15.0 Å². The van der Waals surface area contributed by atoms with E-state index in [1.807, 2.05) is 48.5 Å². The van der Waals surface area contributed by atoms with E-state index < -0.39 is 0 Å². The zero-order chi connectivity index (χ0) is 19.1. The number of benzene rings is 2. The summed E-state index contributed by atoms with van der Waals surface area (Å²) in [7, 11) is 0. The molecule has 0 aliphatic heterocycles. The van der Waals surface area contributed by atoms with Gasteiger partial charge in [-0.2, -0.15) is 5.26 Å². The smallest absolute Gasteiger partial charge is 0.183 e. The summed E-state index contributed by atoms with van der Waals surface area (Å²) in [6.45, 7) is 0. The van der Waals surface area contributed by atoms with Crippen LogP contribution in [0.3, 0.4) is 0 Å². The number of hydrogen-bond donors (Lipinski definition) is 1.